The number of carbonyl (C=O) groups is 2. The monoisotopic (exact) mass is 305 g/mol. The van der Waals surface area contributed by atoms with Crippen molar-refractivity contribution in [2.75, 3.05) is 6.54 Å². The summed E-state index contributed by atoms with van der Waals surface area (Å²) in [5.41, 5.74) is -0.627. The van der Waals surface area contributed by atoms with E-state index in [1.54, 1.807) is 20.8 Å². The number of carboxylic acids is 1. The number of terminal acetylenes is 1. The molecule has 0 spiro atoms. The van der Waals surface area contributed by atoms with E-state index in [0.29, 0.717) is 18.4 Å². The largest absolute Gasteiger partial charge is 0.480 e. The van der Waals surface area contributed by atoms with Gasteiger partial charge in [0.15, 0.2) is 0 Å². The van der Waals surface area contributed by atoms with E-state index >= 15 is 0 Å². The van der Waals surface area contributed by atoms with E-state index in [0.717, 1.165) is 12.8 Å². The molecule has 2 bridgehead atoms. The van der Waals surface area contributed by atoms with Crippen LogP contribution < -0.4 is 0 Å². The van der Waals surface area contributed by atoms with Crippen molar-refractivity contribution in [1.29, 1.82) is 0 Å². The van der Waals surface area contributed by atoms with Crippen molar-refractivity contribution in [1.82, 2.24) is 4.90 Å². The minimum absolute atomic E-state index is 0.0274. The summed E-state index contributed by atoms with van der Waals surface area (Å²) in [7, 11) is 0. The zero-order valence-corrected chi connectivity index (χ0v) is 13.3. The number of aliphatic carboxylic acids is 1. The van der Waals surface area contributed by atoms with Gasteiger partial charge in [0, 0.05) is 12.5 Å². The van der Waals surface area contributed by atoms with Gasteiger partial charge in [-0.15, -0.1) is 12.3 Å². The van der Waals surface area contributed by atoms with Gasteiger partial charge in [-0.05, 0) is 57.3 Å². The lowest BCUT2D eigenvalue weighted by atomic mass is 9.74. The zero-order valence-electron chi connectivity index (χ0n) is 13.3. The van der Waals surface area contributed by atoms with Crippen LogP contribution in [0.5, 0.6) is 0 Å². The van der Waals surface area contributed by atoms with Gasteiger partial charge in [0.05, 0.1) is 0 Å². The highest BCUT2D eigenvalue weighted by molar-refractivity contribution is 5.81. The predicted octanol–water partition coefficient (Wildman–Crippen LogP) is 2.21. The number of hydrogen-bond acceptors (Lipinski definition) is 3. The first kappa shape index (κ1) is 15.2. The molecule has 1 saturated heterocycles. The highest BCUT2D eigenvalue weighted by Crippen LogP contribution is 2.59. The minimum Gasteiger partial charge on any atom is -0.480 e. The van der Waals surface area contributed by atoms with Crippen molar-refractivity contribution in [2.45, 2.75) is 45.3 Å². The first-order valence-electron chi connectivity index (χ1n) is 7.91. The third-order valence-electron chi connectivity index (χ3n) is 5.44. The number of hydrogen-bond donors (Lipinski definition) is 1. The maximum Gasteiger partial charge on any atom is 0.411 e. The van der Waals surface area contributed by atoms with E-state index in [1.165, 1.54) is 4.90 Å². The Kier molecular flexibility index (Phi) is 3.39. The third-order valence-corrected chi connectivity index (χ3v) is 5.44. The number of carbonyl (C=O) groups excluding carboxylic acids is 1. The van der Waals surface area contributed by atoms with Crippen LogP contribution in [0.4, 0.5) is 4.79 Å². The highest BCUT2D eigenvalue weighted by atomic mass is 16.6. The van der Waals surface area contributed by atoms with Gasteiger partial charge in [-0.1, -0.05) is 0 Å². The molecule has 6 atom stereocenters. The van der Waals surface area contributed by atoms with Crippen molar-refractivity contribution >= 4 is 12.1 Å². The van der Waals surface area contributed by atoms with Crippen molar-refractivity contribution in [3.8, 4) is 12.3 Å². The molecule has 1 amide bonds. The summed E-state index contributed by atoms with van der Waals surface area (Å²) >= 11 is 0. The molecule has 0 aromatic rings. The molecule has 2 aliphatic carbocycles. The van der Waals surface area contributed by atoms with Crippen LogP contribution in [0, 0.1) is 41.9 Å². The molecule has 120 valence electrons. The van der Waals surface area contributed by atoms with Gasteiger partial charge in [-0.3, -0.25) is 4.90 Å². The summed E-state index contributed by atoms with van der Waals surface area (Å²) in [4.78, 5) is 25.6. The van der Waals surface area contributed by atoms with Crippen LogP contribution in [0.25, 0.3) is 0 Å². The van der Waals surface area contributed by atoms with E-state index in [-0.39, 0.29) is 17.8 Å². The van der Waals surface area contributed by atoms with Crippen LogP contribution in [-0.2, 0) is 9.53 Å². The molecule has 5 nitrogen and oxygen atoms in total. The van der Waals surface area contributed by atoms with Crippen LogP contribution >= 0.6 is 0 Å². The smallest absolute Gasteiger partial charge is 0.411 e. The molecule has 3 fully saturated rings. The third kappa shape index (κ3) is 2.25. The molecule has 0 aromatic heterocycles. The molecule has 5 heteroatoms. The molecule has 1 heterocycles. The summed E-state index contributed by atoms with van der Waals surface area (Å²) in [6.07, 6.45) is 6.99. The van der Waals surface area contributed by atoms with E-state index in [1.807, 2.05) is 0 Å². The lowest BCUT2D eigenvalue weighted by Crippen LogP contribution is -2.46. The average Bonchev–Trinajstić information content (AvgIpc) is 3.05. The Balaban J connectivity index is 1.84. The van der Waals surface area contributed by atoms with Crippen LogP contribution in [0.2, 0.25) is 0 Å². The maximum atomic E-state index is 12.4. The molecule has 0 aromatic carbocycles. The fourth-order valence-corrected chi connectivity index (χ4v) is 4.83. The Morgan fingerprint density at radius 3 is 2.50 bits per heavy atom. The predicted molar refractivity (Wildman–Crippen MR) is 79.9 cm³/mol. The normalized spacial score (nSPS) is 39.5. The zero-order chi connectivity index (χ0) is 16.2. The number of fused-ring (bicyclic) bond motifs is 5. The standard InChI is InChI=1S/C17H23NO4/c1-5-9-6-10-7-11(9)12-8-18(14(13(10)12)15(19)20)16(21)22-17(2,3)4/h1,9-14H,6-8H2,2-4H3,(H,19,20)/t9-,10-,11-,12+,13-,14-/m0/s1. The Morgan fingerprint density at radius 2 is 1.95 bits per heavy atom. The Bertz CT molecular complexity index is 544. The fraction of sp³-hybridized carbons (Fsp3) is 0.765. The summed E-state index contributed by atoms with van der Waals surface area (Å²) in [6.45, 7) is 5.82. The molecule has 22 heavy (non-hydrogen) atoms. The molecular formula is C17H23NO4. The van der Waals surface area contributed by atoms with Crippen LogP contribution in [0.1, 0.15) is 33.6 Å². The van der Waals surface area contributed by atoms with Gasteiger partial charge in [0.2, 0.25) is 0 Å². The number of rotatable bonds is 1. The summed E-state index contributed by atoms with van der Waals surface area (Å²) in [5.74, 6) is 3.07. The van der Waals surface area contributed by atoms with Crippen LogP contribution in [0.3, 0.4) is 0 Å². The Morgan fingerprint density at radius 1 is 1.27 bits per heavy atom. The number of carboxylic acid groups (broad SMARTS) is 1. The highest BCUT2D eigenvalue weighted by Gasteiger charge is 2.62. The number of ether oxygens (including phenoxy) is 1. The molecule has 2 saturated carbocycles. The SMILES string of the molecule is C#C[C@H]1C[C@H]2C[C@@H]1[C@H]1CN(C(=O)OC(C)(C)C)[C@H](C(=O)O)[C@@H]21. The molecular weight excluding hydrogens is 282 g/mol. The van der Waals surface area contributed by atoms with Gasteiger partial charge in [0.25, 0.3) is 0 Å². The molecule has 3 aliphatic rings. The average molecular weight is 305 g/mol. The van der Waals surface area contributed by atoms with Gasteiger partial charge in [-0.2, -0.15) is 0 Å². The molecule has 3 rings (SSSR count). The second-order valence-corrected chi connectivity index (χ2v) is 7.83. The molecule has 1 aliphatic heterocycles. The Hall–Kier alpha value is -1.70. The first-order chi connectivity index (χ1) is 10.2. The number of nitrogens with zero attached hydrogens (tertiary/aromatic N) is 1. The summed E-state index contributed by atoms with van der Waals surface area (Å²) in [6, 6.07) is -0.770. The van der Waals surface area contributed by atoms with Gasteiger partial charge in [-0.25, -0.2) is 9.59 Å². The quantitative estimate of drug-likeness (QED) is 0.754. The van der Waals surface area contributed by atoms with Gasteiger partial charge < -0.3 is 9.84 Å². The van der Waals surface area contributed by atoms with E-state index in [9.17, 15) is 14.7 Å². The Labute approximate surface area is 131 Å². The minimum atomic E-state index is -0.928. The summed E-state index contributed by atoms with van der Waals surface area (Å²) in [5, 5.41) is 9.64. The molecule has 1 N–H and O–H groups in total. The lowest BCUT2D eigenvalue weighted by molar-refractivity contribution is -0.144. The van der Waals surface area contributed by atoms with Gasteiger partial charge >= 0.3 is 12.1 Å². The molecule has 0 radical (unpaired) electrons. The van der Waals surface area contributed by atoms with E-state index in [4.69, 9.17) is 11.2 Å². The molecule has 0 unspecified atom stereocenters. The fourth-order valence-electron chi connectivity index (χ4n) is 4.83. The van der Waals surface area contributed by atoms with E-state index in [2.05, 4.69) is 5.92 Å². The van der Waals surface area contributed by atoms with Crippen LogP contribution in [0.15, 0.2) is 0 Å². The topological polar surface area (TPSA) is 66.8 Å². The first-order valence-corrected chi connectivity index (χ1v) is 7.91. The van der Waals surface area contributed by atoms with Gasteiger partial charge in [0.1, 0.15) is 11.6 Å². The maximum absolute atomic E-state index is 12.4. The van der Waals surface area contributed by atoms with Crippen molar-refractivity contribution in [3.05, 3.63) is 0 Å². The second-order valence-electron chi connectivity index (χ2n) is 7.83. The number of likely N-dealkylation sites (tertiary alicyclic amines) is 1. The van der Waals surface area contributed by atoms with E-state index < -0.39 is 23.7 Å². The van der Waals surface area contributed by atoms with Crippen LogP contribution in [-0.4, -0.2) is 40.3 Å². The van der Waals surface area contributed by atoms with Crippen molar-refractivity contribution in [3.63, 3.8) is 0 Å². The van der Waals surface area contributed by atoms with Crippen molar-refractivity contribution in [2.24, 2.45) is 29.6 Å². The lowest BCUT2D eigenvalue weighted by Gasteiger charge is -2.30. The summed E-state index contributed by atoms with van der Waals surface area (Å²) < 4.78 is 5.39. The second kappa shape index (κ2) is 4.91. The number of amides is 1. The van der Waals surface area contributed by atoms with Crippen molar-refractivity contribution < 1.29 is 19.4 Å².